The van der Waals surface area contributed by atoms with Gasteiger partial charge in [-0.05, 0) is 41.5 Å². The predicted molar refractivity (Wildman–Crippen MR) is 176 cm³/mol. The van der Waals surface area contributed by atoms with Crippen LogP contribution in [0.15, 0.2) is 142 Å². The van der Waals surface area contributed by atoms with Crippen LogP contribution in [0.1, 0.15) is 0 Å². The molecule has 45 heavy (non-hydrogen) atoms. The fourth-order valence-corrected chi connectivity index (χ4v) is 6.19. The second kappa shape index (κ2) is 9.96. The van der Waals surface area contributed by atoms with E-state index in [2.05, 4.69) is 0 Å². The first-order valence-electron chi connectivity index (χ1n) is 14.6. The Morgan fingerprint density at radius 1 is 0.378 bits per heavy atom. The fourth-order valence-electron chi connectivity index (χ4n) is 6.19. The zero-order valence-corrected chi connectivity index (χ0v) is 23.7. The Kier molecular flexibility index (Phi) is 5.62. The van der Waals surface area contributed by atoms with Gasteiger partial charge in [-0.1, -0.05) is 103 Å². The highest BCUT2D eigenvalue weighted by atomic mass is 19.1. The smallest absolute Gasteiger partial charge is 0.167 e. The van der Waals surface area contributed by atoms with Crippen molar-refractivity contribution in [3.8, 4) is 45.3 Å². The zero-order chi connectivity index (χ0) is 29.9. The van der Waals surface area contributed by atoms with Crippen molar-refractivity contribution in [2.24, 2.45) is 0 Å². The largest absolute Gasteiger partial charge is 0.456 e. The molecule has 0 radical (unpaired) electrons. The normalized spacial score (nSPS) is 11.7. The van der Waals surface area contributed by atoms with Gasteiger partial charge in [0, 0.05) is 27.3 Å². The quantitative estimate of drug-likeness (QED) is 0.206. The lowest BCUT2D eigenvalue weighted by molar-refractivity contribution is 0.635. The molecule has 0 spiro atoms. The highest BCUT2D eigenvalue weighted by Gasteiger charge is 2.23. The lowest BCUT2D eigenvalue weighted by Gasteiger charge is -2.10. The number of benzene rings is 6. The summed E-state index contributed by atoms with van der Waals surface area (Å²) in [6, 6.07) is 42.5. The van der Waals surface area contributed by atoms with E-state index in [9.17, 15) is 0 Å². The highest BCUT2D eigenvalue weighted by Crippen LogP contribution is 2.44. The van der Waals surface area contributed by atoms with E-state index in [1.165, 1.54) is 0 Å². The summed E-state index contributed by atoms with van der Waals surface area (Å²) in [7, 11) is 0. The van der Waals surface area contributed by atoms with Crippen LogP contribution in [-0.2, 0) is 0 Å². The number of fused-ring (bicyclic) bond motifs is 6. The molecule has 0 saturated heterocycles. The number of aromatic nitrogens is 3. The molecule has 9 rings (SSSR count). The summed E-state index contributed by atoms with van der Waals surface area (Å²) in [5, 5.41) is 3.04. The molecule has 0 N–H and O–H groups in total. The fraction of sp³-hybridized carbons (Fsp3) is 0. The lowest BCUT2D eigenvalue weighted by Crippen LogP contribution is -2.01. The average Bonchev–Trinajstić information content (AvgIpc) is 3.68. The van der Waals surface area contributed by atoms with E-state index in [0.29, 0.717) is 33.6 Å². The van der Waals surface area contributed by atoms with E-state index < -0.39 is 5.82 Å². The molecule has 6 aromatic carbocycles. The van der Waals surface area contributed by atoms with Gasteiger partial charge in [0.1, 0.15) is 28.1 Å². The standard InChI is InChI=1S/C39H22FN3O2/c40-36-28(39-42-37(23-11-3-1-4-12-23)41-38(43-39)24-13-5-2-6-14-24)21-22-32-35(36)34-26(17-10-20-31(34)45-32)25-16-9-19-30-33(25)27-15-7-8-18-29(27)44-30/h1-22H. The third kappa shape index (κ3) is 4.03. The summed E-state index contributed by atoms with van der Waals surface area (Å²) < 4.78 is 29.4. The Hall–Kier alpha value is -6.14. The molecule has 212 valence electrons. The summed E-state index contributed by atoms with van der Waals surface area (Å²) >= 11 is 0. The van der Waals surface area contributed by atoms with Gasteiger partial charge in [0.25, 0.3) is 0 Å². The highest BCUT2D eigenvalue weighted by molar-refractivity contribution is 6.19. The SMILES string of the molecule is Fc1c(-c2nc(-c3ccccc3)nc(-c3ccccc3)n2)ccc2oc3cccc(-c4cccc5oc6ccccc6c45)c3c12. The second-order valence-corrected chi connectivity index (χ2v) is 10.9. The predicted octanol–water partition coefficient (Wildman–Crippen LogP) is 10.5. The van der Waals surface area contributed by atoms with Gasteiger partial charge in [-0.15, -0.1) is 0 Å². The van der Waals surface area contributed by atoms with Crippen LogP contribution in [0.3, 0.4) is 0 Å². The van der Waals surface area contributed by atoms with Crippen LogP contribution in [0, 0.1) is 5.82 Å². The van der Waals surface area contributed by atoms with E-state index in [-0.39, 0.29) is 11.4 Å². The van der Waals surface area contributed by atoms with Crippen LogP contribution in [0.4, 0.5) is 4.39 Å². The molecular weight excluding hydrogens is 561 g/mol. The van der Waals surface area contributed by atoms with Gasteiger partial charge in [-0.2, -0.15) is 0 Å². The minimum absolute atomic E-state index is 0.247. The Balaban J connectivity index is 1.31. The topological polar surface area (TPSA) is 65.0 Å². The maximum atomic E-state index is 17.0. The Bertz CT molecular complexity index is 2500. The summed E-state index contributed by atoms with van der Waals surface area (Å²) in [4.78, 5) is 14.3. The van der Waals surface area contributed by atoms with Crippen LogP contribution in [0.5, 0.6) is 0 Å². The van der Waals surface area contributed by atoms with Crippen LogP contribution in [-0.4, -0.2) is 15.0 Å². The number of halogens is 1. The van der Waals surface area contributed by atoms with Crippen molar-refractivity contribution < 1.29 is 13.2 Å². The van der Waals surface area contributed by atoms with Gasteiger partial charge in [0.2, 0.25) is 0 Å². The Morgan fingerprint density at radius 2 is 0.889 bits per heavy atom. The molecule has 6 heteroatoms. The third-order valence-electron chi connectivity index (χ3n) is 8.23. The van der Waals surface area contributed by atoms with Gasteiger partial charge in [0.05, 0.1) is 10.9 Å². The molecule has 3 aromatic heterocycles. The van der Waals surface area contributed by atoms with Crippen molar-refractivity contribution in [2.75, 3.05) is 0 Å². The van der Waals surface area contributed by atoms with Crippen molar-refractivity contribution in [3.05, 3.63) is 139 Å². The van der Waals surface area contributed by atoms with Crippen LogP contribution in [0.25, 0.3) is 89.2 Å². The molecule has 0 amide bonds. The van der Waals surface area contributed by atoms with E-state index in [4.69, 9.17) is 23.8 Å². The summed E-state index contributed by atoms with van der Waals surface area (Å²) in [5.41, 5.74) is 6.30. The minimum atomic E-state index is -0.452. The van der Waals surface area contributed by atoms with Crippen molar-refractivity contribution in [2.45, 2.75) is 0 Å². The summed E-state index contributed by atoms with van der Waals surface area (Å²) in [6.45, 7) is 0. The van der Waals surface area contributed by atoms with Gasteiger partial charge in [0.15, 0.2) is 17.5 Å². The van der Waals surface area contributed by atoms with Gasteiger partial charge in [-0.3, -0.25) is 0 Å². The number of hydrogen-bond acceptors (Lipinski definition) is 5. The molecule has 0 saturated carbocycles. The van der Waals surface area contributed by atoms with E-state index in [0.717, 1.165) is 44.2 Å². The molecule has 0 bridgehead atoms. The first kappa shape index (κ1) is 25.4. The van der Waals surface area contributed by atoms with Crippen LogP contribution < -0.4 is 0 Å². The molecule has 0 aliphatic heterocycles. The number of nitrogens with zero attached hydrogens (tertiary/aromatic N) is 3. The summed E-state index contributed by atoms with van der Waals surface area (Å²) in [5.74, 6) is 0.731. The molecule has 9 aromatic rings. The minimum Gasteiger partial charge on any atom is -0.456 e. The van der Waals surface area contributed by atoms with Crippen molar-refractivity contribution in [1.82, 2.24) is 15.0 Å². The third-order valence-corrected chi connectivity index (χ3v) is 8.23. The average molecular weight is 584 g/mol. The number of hydrogen-bond donors (Lipinski definition) is 0. The number of furan rings is 2. The Labute approximate surface area is 256 Å². The molecule has 5 nitrogen and oxygen atoms in total. The molecule has 0 fully saturated rings. The molecule has 0 aliphatic carbocycles. The van der Waals surface area contributed by atoms with Crippen molar-refractivity contribution >= 4 is 43.9 Å². The number of rotatable bonds is 4. The maximum absolute atomic E-state index is 17.0. The lowest BCUT2D eigenvalue weighted by atomic mass is 9.95. The van der Waals surface area contributed by atoms with E-state index in [1.807, 2.05) is 121 Å². The van der Waals surface area contributed by atoms with Crippen LogP contribution in [0.2, 0.25) is 0 Å². The molecule has 0 unspecified atom stereocenters. The van der Waals surface area contributed by atoms with Gasteiger partial charge >= 0.3 is 0 Å². The maximum Gasteiger partial charge on any atom is 0.167 e. The first-order valence-corrected chi connectivity index (χ1v) is 14.6. The monoisotopic (exact) mass is 583 g/mol. The van der Waals surface area contributed by atoms with E-state index >= 15 is 4.39 Å². The van der Waals surface area contributed by atoms with Crippen molar-refractivity contribution in [1.29, 1.82) is 0 Å². The van der Waals surface area contributed by atoms with Crippen molar-refractivity contribution in [3.63, 3.8) is 0 Å². The summed E-state index contributed by atoms with van der Waals surface area (Å²) in [6.07, 6.45) is 0. The molecule has 0 atom stereocenters. The van der Waals surface area contributed by atoms with Crippen LogP contribution >= 0.6 is 0 Å². The van der Waals surface area contributed by atoms with E-state index in [1.54, 1.807) is 12.1 Å². The molecule has 0 aliphatic rings. The molecule has 3 heterocycles. The zero-order valence-electron chi connectivity index (χ0n) is 23.7. The first-order chi connectivity index (χ1) is 22.2. The van der Waals surface area contributed by atoms with Gasteiger partial charge in [-0.25, -0.2) is 19.3 Å². The Morgan fingerprint density at radius 3 is 1.58 bits per heavy atom. The van der Waals surface area contributed by atoms with Gasteiger partial charge < -0.3 is 8.83 Å². The molecular formula is C39H22FN3O2. The number of para-hydroxylation sites is 1. The second-order valence-electron chi connectivity index (χ2n) is 10.9.